The van der Waals surface area contributed by atoms with Gasteiger partial charge in [-0.05, 0) is 42.2 Å². The van der Waals surface area contributed by atoms with Crippen molar-refractivity contribution < 1.29 is 9.59 Å². The second-order valence-corrected chi connectivity index (χ2v) is 9.21. The number of nitrogens with one attached hydrogen (secondary N) is 1. The summed E-state index contributed by atoms with van der Waals surface area (Å²) in [6.07, 6.45) is 0.822. The molecule has 0 spiro atoms. The third-order valence-corrected chi connectivity index (χ3v) is 7.07. The van der Waals surface area contributed by atoms with Crippen LogP contribution in [-0.4, -0.2) is 22.5 Å². The second kappa shape index (κ2) is 10.0. The first kappa shape index (κ1) is 22.2. The number of rotatable bonds is 7. The first-order valence-electron chi connectivity index (χ1n) is 11.0. The molecule has 32 heavy (non-hydrogen) atoms. The van der Waals surface area contributed by atoms with Crippen molar-refractivity contribution in [1.82, 2.24) is 10.2 Å². The van der Waals surface area contributed by atoms with E-state index in [1.54, 1.807) is 11.8 Å². The van der Waals surface area contributed by atoms with Crippen LogP contribution >= 0.6 is 11.8 Å². The van der Waals surface area contributed by atoms with Gasteiger partial charge in [0.1, 0.15) is 5.37 Å². The highest BCUT2D eigenvalue weighted by Gasteiger charge is 2.32. The molecular weight excluding hydrogens is 416 g/mol. The Bertz CT molecular complexity index is 1070. The van der Waals surface area contributed by atoms with Crippen molar-refractivity contribution >= 4 is 23.6 Å². The molecule has 2 atom stereocenters. The first-order valence-corrected chi connectivity index (χ1v) is 12.0. The lowest BCUT2D eigenvalue weighted by Crippen LogP contribution is -2.28. The number of carbonyl (C=O) groups excluding carboxylic acids is 2. The maximum absolute atomic E-state index is 12.9. The van der Waals surface area contributed by atoms with E-state index in [4.69, 9.17) is 0 Å². The van der Waals surface area contributed by atoms with Crippen LogP contribution < -0.4 is 5.32 Å². The third kappa shape index (κ3) is 5.05. The molecule has 1 saturated heterocycles. The average molecular weight is 445 g/mol. The fraction of sp³-hybridized carbons (Fsp3) is 0.259. The number of benzene rings is 3. The largest absolute Gasteiger partial charge is 0.345 e. The Morgan fingerprint density at radius 3 is 2.38 bits per heavy atom. The number of thioether (sulfide) groups is 1. The molecule has 1 fully saturated rings. The van der Waals surface area contributed by atoms with Gasteiger partial charge < -0.3 is 10.2 Å². The van der Waals surface area contributed by atoms with E-state index in [0.29, 0.717) is 17.9 Å². The highest BCUT2D eigenvalue weighted by molar-refractivity contribution is 8.00. The molecule has 164 valence electrons. The monoisotopic (exact) mass is 444 g/mol. The zero-order valence-corrected chi connectivity index (χ0v) is 19.3. The summed E-state index contributed by atoms with van der Waals surface area (Å²) in [4.78, 5) is 27.3. The zero-order valence-electron chi connectivity index (χ0n) is 18.5. The fourth-order valence-electron chi connectivity index (χ4n) is 3.94. The van der Waals surface area contributed by atoms with Crippen molar-refractivity contribution in [2.75, 3.05) is 5.75 Å². The Labute approximate surface area is 194 Å². The van der Waals surface area contributed by atoms with Crippen molar-refractivity contribution in [1.29, 1.82) is 0 Å². The molecule has 0 bridgehead atoms. The number of hydrogen-bond donors (Lipinski definition) is 1. The molecule has 1 heterocycles. The minimum atomic E-state index is -0.0831. The Balaban J connectivity index is 1.45. The van der Waals surface area contributed by atoms with Gasteiger partial charge in [-0.1, -0.05) is 79.2 Å². The average Bonchev–Trinajstić information content (AvgIpc) is 3.18. The number of nitrogens with zero attached hydrogens (tertiary/aromatic N) is 1. The predicted octanol–water partition coefficient (Wildman–Crippen LogP) is 5.65. The number of hydrogen-bond acceptors (Lipinski definition) is 3. The van der Waals surface area contributed by atoms with E-state index in [1.165, 1.54) is 5.56 Å². The Hall–Kier alpha value is -3.05. The van der Waals surface area contributed by atoms with E-state index >= 15 is 0 Å². The summed E-state index contributed by atoms with van der Waals surface area (Å²) in [6.45, 7) is 4.72. The molecule has 1 N–H and O–H groups in total. The lowest BCUT2D eigenvalue weighted by atomic mass is 10.0. The topological polar surface area (TPSA) is 49.4 Å². The summed E-state index contributed by atoms with van der Waals surface area (Å²) in [5.41, 5.74) is 5.10. The van der Waals surface area contributed by atoms with Gasteiger partial charge in [-0.25, -0.2) is 0 Å². The molecule has 0 unspecified atom stereocenters. The quantitative estimate of drug-likeness (QED) is 0.512. The van der Waals surface area contributed by atoms with Crippen LogP contribution in [0.3, 0.4) is 0 Å². The Morgan fingerprint density at radius 2 is 1.72 bits per heavy atom. The normalized spacial score (nSPS) is 16.8. The highest BCUT2D eigenvalue weighted by atomic mass is 32.2. The van der Waals surface area contributed by atoms with Gasteiger partial charge in [-0.15, -0.1) is 11.8 Å². The summed E-state index contributed by atoms with van der Waals surface area (Å²) in [6, 6.07) is 26.0. The maximum Gasteiger partial charge on any atom is 0.251 e. The van der Waals surface area contributed by atoms with E-state index in [9.17, 15) is 9.59 Å². The van der Waals surface area contributed by atoms with E-state index in [1.807, 2.05) is 59.5 Å². The van der Waals surface area contributed by atoms with Crippen molar-refractivity contribution in [3.8, 4) is 0 Å². The van der Waals surface area contributed by atoms with Gasteiger partial charge in [0.15, 0.2) is 0 Å². The molecule has 4 rings (SSSR count). The molecule has 2 amide bonds. The lowest BCUT2D eigenvalue weighted by molar-refractivity contribution is -0.128. The van der Waals surface area contributed by atoms with Crippen LogP contribution in [0.15, 0.2) is 78.9 Å². The standard InChI is InChI=1S/C27H28N2O2S/c1-3-24(21-11-9-19(2)10-12-21)28-26(31)22-13-15-23(16-14-22)27-29(25(30)18-32-27)17-20-7-5-4-6-8-20/h4-16,24,27H,3,17-18H2,1-2H3,(H,28,31)/t24-,27+/m0/s1. The van der Waals surface area contributed by atoms with Gasteiger partial charge in [0.25, 0.3) is 5.91 Å². The lowest BCUT2D eigenvalue weighted by Gasteiger charge is -2.24. The van der Waals surface area contributed by atoms with Gasteiger partial charge in [-0.3, -0.25) is 9.59 Å². The van der Waals surface area contributed by atoms with Crippen LogP contribution in [0.1, 0.15) is 57.4 Å². The molecule has 3 aromatic carbocycles. The Kier molecular flexibility index (Phi) is 6.96. The van der Waals surface area contributed by atoms with Gasteiger partial charge in [0.05, 0.1) is 11.8 Å². The first-order chi connectivity index (χ1) is 15.5. The van der Waals surface area contributed by atoms with Crippen LogP contribution in [0.4, 0.5) is 0 Å². The molecule has 1 aliphatic heterocycles. The molecular formula is C27H28N2O2S. The van der Waals surface area contributed by atoms with Crippen molar-refractivity contribution in [2.24, 2.45) is 0 Å². The SMILES string of the molecule is CC[C@H](NC(=O)c1ccc([C@H]2SCC(=O)N2Cc2ccccc2)cc1)c1ccc(C)cc1. The summed E-state index contributed by atoms with van der Waals surface area (Å²) in [7, 11) is 0. The summed E-state index contributed by atoms with van der Waals surface area (Å²) in [5.74, 6) is 0.545. The third-order valence-electron chi connectivity index (χ3n) is 5.82. The van der Waals surface area contributed by atoms with E-state index in [-0.39, 0.29) is 23.2 Å². The second-order valence-electron chi connectivity index (χ2n) is 8.14. The van der Waals surface area contributed by atoms with Crippen molar-refractivity contribution in [3.05, 3.63) is 107 Å². The van der Waals surface area contributed by atoms with E-state index in [0.717, 1.165) is 23.1 Å². The molecule has 0 aliphatic carbocycles. The minimum Gasteiger partial charge on any atom is -0.345 e. The summed E-state index contributed by atoms with van der Waals surface area (Å²) < 4.78 is 0. The summed E-state index contributed by atoms with van der Waals surface area (Å²) >= 11 is 1.63. The van der Waals surface area contributed by atoms with Crippen LogP contribution in [0.25, 0.3) is 0 Å². The minimum absolute atomic E-state index is 0.0212. The molecule has 5 heteroatoms. The van der Waals surface area contributed by atoms with Gasteiger partial charge in [0.2, 0.25) is 5.91 Å². The number of carbonyl (C=O) groups is 2. The molecule has 1 aliphatic rings. The maximum atomic E-state index is 12.9. The van der Waals surface area contributed by atoms with Crippen LogP contribution in [0.5, 0.6) is 0 Å². The molecule has 3 aromatic rings. The van der Waals surface area contributed by atoms with Crippen molar-refractivity contribution in [3.63, 3.8) is 0 Å². The van der Waals surface area contributed by atoms with Crippen molar-refractivity contribution in [2.45, 2.75) is 38.2 Å². The summed E-state index contributed by atoms with van der Waals surface area (Å²) in [5, 5.41) is 3.12. The highest BCUT2D eigenvalue weighted by Crippen LogP contribution is 2.39. The Morgan fingerprint density at radius 1 is 1.03 bits per heavy atom. The van der Waals surface area contributed by atoms with E-state index in [2.05, 4.69) is 43.4 Å². The van der Waals surface area contributed by atoms with Gasteiger partial charge in [-0.2, -0.15) is 0 Å². The van der Waals surface area contributed by atoms with Crippen LogP contribution in [0, 0.1) is 6.92 Å². The molecule has 0 radical (unpaired) electrons. The molecule has 0 aromatic heterocycles. The molecule has 0 saturated carbocycles. The van der Waals surface area contributed by atoms with Crippen LogP contribution in [0.2, 0.25) is 0 Å². The smallest absolute Gasteiger partial charge is 0.251 e. The van der Waals surface area contributed by atoms with Gasteiger partial charge in [0, 0.05) is 12.1 Å². The van der Waals surface area contributed by atoms with E-state index < -0.39 is 0 Å². The van der Waals surface area contributed by atoms with Gasteiger partial charge >= 0.3 is 0 Å². The van der Waals surface area contributed by atoms with Crippen LogP contribution in [-0.2, 0) is 11.3 Å². The zero-order chi connectivity index (χ0) is 22.5. The predicted molar refractivity (Wildman–Crippen MR) is 130 cm³/mol. The number of amides is 2. The molecule has 4 nitrogen and oxygen atoms in total. The number of aryl methyl sites for hydroxylation is 1. The fourth-order valence-corrected chi connectivity index (χ4v) is 5.13.